The van der Waals surface area contributed by atoms with Crippen LogP contribution in [0, 0.1) is 0 Å². The molecule has 0 saturated heterocycles. The fourth-order valence-electron chi connectivity index (χ4n) is 2.50. The van der Waals surface area contributed by atoms with E-state index in [-0.39, 0.29) is 10.9 Å². The Kier molecular flexibility index (Phi) is 4.04. The van der Waals surface area contributed by atoms with Gasteiger partial charge in [-0.3, -0.25) is 0 Å². The van der Waals surface area contributed by atoms with E-state index in [0.717, 1.165) is 24.8 Å². The van der Waals surface area contributed by atoms with Crippen molar-refractivity contribution in [3.63, 3.8) is 0 Å². The number of para-hydroxylation sites is 1. The standard InChI is InChI=1S/C14H21N3O2S/c1-4-5-7-10(2)17-11-8-6-9-12(20(3,18)19)13(11)16-14(17)15/h6,8-10H,4-5,7H2,1-3H3,(H2,15,16). The number of anilines is 1. The molecule has 5 nitrogen and oxygen atoms in total. The summed E-state index contributed by atoms with van der Waals surface area (Å²) in [6.07, 6.45) is 4.41. The summed E-state index contributed by atoms with van der Waals surface area (Å²) in [6.45, 7) is 4.23. The first-order valence-electron chi connectivity index (χ1n) is 6.82. The maximum absolute atomic E-state index is 11.8. The molecular weight excluding hydrogens is 274 g/mol. The van der Waals surface area contributed by atoms with E-state index in [0.29, 0.717) is 11.5 Å². The summed E-state index contributed by atoms with van der Waals surface area (Å²) in [5.74, 6) is 0.375. The summed E-state index contributed by atoms with van der Waals surface area (Å²) in [4.78, 5) is 4.51. The van der Waals surface area contributed by atoms with E-state index < -0.39 is 9.84 Å². The first-order valence-corrected chi connectivity index (χ1v) is 8.72. The molecule has 0 aliphatic carbocycles. The van der Waals surface area contributed by atoms with Crippen molar-refractivity contribution < 1.29 is 8.42 Å². The van der Waals surface area contributed by atoms with Gasteiger partial charge in [0.05, 0.1) is 10.4 Å². The van der Waals surface area contributed by atoms with Crippen molar-refractivity contribution in [2.24, 2.45) is 0 Å². The number of nitrogens with zero attached hydrogens (tertiary/aromatic N) is 2. The minimum atomic E-state index is -3.31. The van der Waals surface area contributed by atoms with Gasteiger partial charge in [0.25, 0.3) is 0 Å². The summed E-state index contributed by atoms with van der Waals surface area (Å²) >= 11 is 0. The molecule has 0 aliphatic heterocycles. The normalized spacial score (nSPS) is 13.8. The lowest BCUT2D eigenvalue weighted by molar-refractivity contribution is 0.501. The Balaban J connectivity index is 2.61. The molecule has 0 spiro atoms. The van der Waals surface area contributed by atoms with E-state index in [9.17, 15) is 8.42 Å². The molecule has 0 amide bonds. The first kappa shape index (κ1) is 14.8. The smallest absolute Gasteiger partial charge is 0.201 e. The third kappa shape index (κ3) is 2.65. The van der Waals surface area contributed by atoms with Gasteiger partial charge in [0.1, 0.15) is 5.52 Å². The lowest BCUT2D eigenvalue weighted by Gasteiger charge is -2.15. The van der Waals surface area contributed by atoms with Crippen molar-refractivity contribution >= 4 is 26.8 Å². The molecule has 0 fully saturated rings. The topological polar surface area (TPSA) is 78.0 Å². The van der Waals surface area contributed by atoms with Crippen molar-refractivity contribution in [2.45, 2.75) is 44.0 Å². The number of benzene rings is 1. The summed E-state index contributed by atoms with van der Waals surface area (Å²) in [7, 11) is -3.31. The van der Waals surface area contributed by atoms with Gasteiger partial charge in [0.15, 0.2) is 9.84 Å². The number of nitrogens with two attached hydrogens (primary N) is 1. The van der Waals surface area contributed by atoms with Crippen molar-refractivity contribution in [3.8, 4) is 0 Å². The van der Waals surface area contributed by atoms with Gasteiger partial charge < -0.3 is 10.3 Å². The first-order chi connectivity index (χ1) is 9.36. The van der Waals surface area contributed by atoms with Crippen molar-refractivity contribution in [1.82, 2.24) is 9.55 Å². The molecule has 1 heterocycles. The highest BCUT2D eigenvalue weighted by Gasteiger charge is 2.19. The largest absolute Gasteiger partial charge is 0.369 e. The van der Waals surface area contributed by atoms with Gasteiger partial charge in [-0.15, -0.1) is 0 Å². The van der Waals surface area contributed by atoms with E-state index in [1.807, 2.05) is 10.6 Å². The van der Waals surface area contributed by atoms with Crippen molar-refractivity contribution in [2.75, 3.05) is 12.0 Å². The maximum atomic E-state index is 11.8. The fraction of sp³-hybridized carbons (Fsp3) is 0.500. The monoisotopic (exact) mass is 295 g/mol. The Hall–Kier alpha value is -1.56. The van der Waals surface area contributed by atoms with Crippen LogP contribution in [0.25, 0.3) is 11.0 Å². The summed E-state index contributed by atoms with van der Waals surface area (Å²) in [5, 5.41) is 0. The van der Waals surface area contributed by atoms with Crippen LogP contribution < -0.4 is 5.73 Å². The van der Waals surface area contributed by atoms with Gasteiger partial charge in [0.2, 0.25) is 5.95 Å². The Labute approximate surface area is 119 Å². The highest BCUT2D eigenvalue weighted by Crippen LogP contribution is 2.29. The number of rotatable bonds is 5. The molecule has 0 bridgehead atoms. The molecule has 2 rings (SSSR count). The lowest BCUT2D eigenvalue weighted by atomic mass is 10.1. The molecule has 1 unspecified atom stereocenters. The summed E-state index contributed by atoms with van der Waals surface area (Å²) in [5.41, 5.74) is 7.25. The Morgan fingerprint density at radius 2 is 2.10 bits per heavy atom. The second-order valence-electron chi connectivity index (χ2n) is 5.23. The molecule has 20 heavy (non-hydrogen) atoms. The van der Waals surface area contributed by atoms with E-state index in [2.05, 4.69) is 18.8 Å². The fourth-order valence-corrected chi connectivity index (χ4v) is 3.33. The van der Waals surface area contributed by atoms with Crippen LogP contribution in [0.3, 0.4) is 0 Å². The average molecular weight is 295 g/mol. The maximum Gasteiger partial charge on any atom is 0.201 e. The molecule has 110 valence electrons. The number of imidazole rings is 1. The molecule has 6 heteroatoms. The van der Waals surface area contributed by atoms with Gasteiger partial charge in [-0.1, -0.05) is 25.8 Å². The zero-order chi connectivity index (χ0) is 14.9. The predicted molar refractivity (Wildman–Crippen MR) is 81.5 cm³/mol. The number of sulfone groups is 1. The van der Waals surface area contributed by atoms with Gasteiger partial charge >= 0.3 is 0 Å². The molecule has 1 aromatic carbocycles. The number of hydrogen-bond donors (Lipinski definition) is 1. The van der Waals surface area contributed by atoms with Crippen LogP contribution in [0.5, 0.6) is 0 Å². The number of hydrogen-bond acceptors (Lipinski definition) is 4. The quantitative estimate of drug-likeness (QED) is 0.920. The second kappa shape index (κ2) is 5.44. The van der Waals surface area contributed by atoms with Crippen LogP contribution in [0.15, 0.2) is 23.1 Å². The van der Waals surface area contributed by atoms with Crippen LogP contribution in [0.4, 0.5) is 5.95 Å². The SMILES string of the molecule is CCCCC(C)n1c(N)nc2c(S(C)(=O)=O)cccc21. The van der Waals surface area contributed by atoms with Crippen LogP contribution in [-0.2, 0) is 9.84 Å². The third-order valence-corrected chi connectivity index (χ3v) is 4.65. The van der Waals surface area contributed by atoms with Crippen LogP contribution in [0.2, 0.25) is 0 Å². The molecule has 1 aromatic heterocycles. The highest BCUT2D eigenvalue weighted by molar-refractivity contribution is 7.91. The minimum absolute atomic E-state index is 0.203. The Morgan fingerprint density at radius 3 is 2.70 bits per heavy atom. The third-order valence-electron chi connectivity index (χ3n) is 3.53. The summed E-state index contributed by atoms with van der Waals surface area (Å²) < 4.78 is 25.6. The van der Waals surface area contributed by atoms with Gasteiger partial charge in [-0.05, 0) is 25.5 Å². The zero-order valence-electron chi connectivity index (χ0n) is 12.1. The van der Waals surface area contributed by atoms with E-state index >= 15 is 0 Å². The highest BCUT2D eigenvalue weighted by atomic mass is 32.2. The number of fused-ring (bicyclic) bond motifs is 1. The molecule has 0 aliphatic rings. The molecule has 0 radical (unpaired) electrons. The molecule has 0 saturated carbocycles. The van der Waals surface area contributed by atoms with Crippen LogP contribution in [-0.4, -0.2) is 24.2 Å². The lowest BCUT2D eigenvalue weighted by Crippen LogP contribution is -2.08. The number of aromatic nitrogens is 2. The van der Waals surface area contributed by atoms with Gasteiger partial charge in [0, 0.05) is 12.3 Å². The number of unbranched alkanes of at least 4 members (excludes halogenated alkanes) is 1. The van der Waals surface area contributed by atoms with Crippen molar-refractivity contribution in [1.29, 1.82) is 0 Å². The van der Waals surface area contributed by atoms with Crippen molar-refractivity contribution in [3.05, 3.63) is 18.2 Å². The average Bonchev–Trinajstić information content (AvgIpc) is 2.70. The predicted octanol–water partition coefficient (Wildman–Crippen LogP) is 2.77. The van der Waals surface area contributed by atoms with E-state index in [1.165, 1.54) is 6.26 Å². The van der Waals surface area contributed by atoms with Crippen LogP contribution in [0.1, 0.15) is 39.2 Å². The molecule has 2 aromatic rings. The minimum Gasteiger partial charge on any atom is -0.369 e. The van der Waals surface area contributed by atoms with Gasteiger partial charge in [-0.2, -0.15) is 0 Å². The van der Waals surface area contributed by atoms with Gasteiger partial charge in [-0.25, -0.2) is 13.4 Å². The zero-order valence-corrected chi connectivity index (χ0v) is 12.9. The number of nitrogen functional groups attached to an aromatic ring is 1. The van der Waals surface area contributed by atoms with E-state index in [4.69, 9.17) is 5.73 Å². The molecule has 1 atom stereocenters. The summed E-state index contributed by atoms with van der Waals surface area (Å²) in [6, 6.07) is 5.39. The molecular formula is C14H21N3O2S. The Morgan fingerprint density at radius 1 is 1.40 bits per heavy atom. The van der Waals surface area contributed by atoms with Crippen LogP contribution >= 0.6 is 0 Å². The Bertz CT molecular complexity index is 719. The van der Waals surface area contributed by atoms with E-state index in [1.54, 1.807) is 12.1 Å². The molecule has 2 N–H and O–H groups in total. The second-order valence-corrected chi connectivity index (χ2v) is 7.21.